The van der Waals surface area contributed by atoms with Crippen molar-refractivity contribution in [3.05, 3.63) is 261 Å². The molecule has 334 valence electrons. The SMILES string of the molecule is c1ccc(N(c2ccccc2)c2ccc3c(c2)c2ccccc2n3-c2cc(-c3cnc4oc5ccccc5c4c3)cc(-n3c4ccccc4c4cc(N(c5ccccc5)c5ccccc5)ccc43)c2)cc1. The second-order valence-electron chi connectivity index (χ2n) is 18.0. The first-order chi connectivity index (χ1) is 35.2. The smallest absolute Gasteiger partial charge is 0.227 e. The summed E-state index contributed by atoms with van der Waals surface area (Å²) in [6.45, 7) is 0. The highest BCUT2D eigenvalue weighted by Gasteiger charge is 2.22. The second kappa shape index (κ2) is 16.5. The maximum atomic E-state index is 6.24. The Morgan fingerprint density at radius 1 is 0.296 bits per heavy atom. The van der Waals surface area contributed by atoms with Crippen LogP contribution in [0, 0.1) is 0 Å². The molecule has 0 aliphatic rings. The summed E-state index contributed by atoms with van der Waals surface area (Å²) < 4.78 is 11.1. The summed E-state index contributed by atoms with van der Waals surface area (Å²) in [7, 11) is 0. The number of aromatic nitrogens is 3. The van der Waals surface area contributed by atoms with Gasteiger partial charge in [0.15, 0.2) is 0 Å². The van der Waals surface area contributed by atoms with E-state index in [1.807, 2.05) is 18.3 Å². The number of furan rings is 1. The summed E-state index contributed by atoms with van der Waals surface area (Å²) in [5.74, 6) is 0. The van der Waals surface area contributed by atoms with Gasteiger partial charge in [0.25, 0.3) is 0 Å². The van der Waals surface area contributed by atoms with Gasteiger partial charge in [-0.1, -0.05) is 127 Å². The predicted molar refractivity (Wildman–Crippen MR) is 295 cm³/mol. The third-order valence-corrected chi connectivity index (χ3v) is 13.9. The van der Waals surface area contributed by atoms with Crippen LogP contribution in [0.2, 0.25) is 0 Å². The summed E-state index contributed by atoms with van der Waals surface area (Å²) in [4.78, 5) is 9.61. The van der Waals surface area contributed by atoms with Crippen molar-refractivity contribution in [1.82, 2.24) is 14.1 Å². The monoisotopic (exact) mass is 909 g/mol. The molecule has 4 aromatic heterocycles. The molecule has 0 radical (unpaired) electrons. The summed E-state index contributed by atoms with van der Waals surface area (Å²) in [6, 6.07) is 91.2. The molecule has 0 saturated carbocycles. The number of para-hydroxylation sites is 7. The third kappa shape index (κ3) is 6.76. The van der Waals surface area contributed by atoms with Gasteiger partial charge in [-0.15, -0.1) is 0 Å². The number of hydrogen-bond donors (Lipinski definition) is 0. The minimum Gasteiger partial charge on any atom is -0.438 e. The van der Waals surface area contributed by atoms with Crippen molar-refractivity contribution in [2.45, 2.75) is 0 Å². The van der Waals surface area contributed by atoms with E-state index in [0.29, 0.717) is 5.71 Å². The van der Waals surface area contributed by atoms with E-state index in [2.05, 4.69) is 262 Å². The lowest BCUT2D eigenvalue weighted by Gasteiger charge is -2.25. The minimum atomic E-state index is 0.628. The fourth-order valence-electron chi connectivity index (χ4n) is 10.7. The van der Waals surface area contributed by atoms with E-state index < -0.39 is 0 Å². The van der Waals surface area contributed by atoms with E-state index in [1.165, 1.54) is 21.5 Å². The van der Waals surface area contributed by atoms with Crippen molar-refractivity contribution in [3.63, 3.8) is 0 Å². The number of anilines is 6. The lowest BCUT2D eigenvalue weighted by molar-refractivity contribution is 0.654. The van der Waals surface area contributed by atoms with Gasteiger partial charge in [-0.2, -0.15) is 0 Å². The van der Waals surface area contributed by atoms with Crippen LogP contribution in [0.25, 0.3) is 88.2 Å². The standard InChI is InChI=1S/C65H43N5O/c1-5-19-46(20-6-1)67(47-21-7-2-8-22-47)50-33-35-62-57(41-50)54-27-13-16-30-60(54)69(62)52-37-44(45-39-59-56-29-15-18-32-64(56)71-65(59)66-43-45)38-53(40-52)70-61-31-17-14-28-55(61)58-42-51(34-36-63(58)70)68(48-23-9-3-10-24-48)49-25-11-4-12-26-49/h1-43H. The molecule has 0 aliphatic heterocycles. The zero-order valence-electron chi connectivity index (χ0n) is 38.5. The van der Waals surface area contributed by atoms with Crippen molar-refractivity contribution < 1.29 is 4.42 Å². The van der Waals surface area contributed by atoms with E-state index >= 15 is 0 Å². The Labute approximate surface area is 409 Å². The van der Waals surface area contributed by atoms with E-state index in [1.54, 1.807) is 0 Å². The first-order valence-corrected chi connectivity index (χ1v) is 24.0. The van der Waals surface area contributed by atoms with Crippen molar-refractivity contribution in [2.24, 2.45) is 0 Å². The fraction of sp³-hybridized carbons (Fsp3) is 0. The molecule has 0 saturated heterocycles. The quantitative estimate of drug-likeness (QED) is 0.145. The molecule has 0 bridgehead atoms. The largest absolute Gasteiger partial charge is 0.438 e. The average molecular weight is 910 g/mol. The molecule has 4 heterocycles. The van der Waals surface area contributed by atoms with Gasteiger partial charge < -0.3 is 23.4 Å². The van der Waals surface area contributed by atoms with Crippen LogP contribution in [0.4, 0.5) is 34.1 Å². The maximum absolute atomic E-state index is 6.24. The Morgan fingerprint density at radius 2 is 0.704 bits per heavy atom. The van der Waals surface area contributed by atoms with Crippen LogP contribution in [-0.2, 0) is 0 Å². The van der Waals surface area contributed by atoms with Crippen molar-refractivity contribution in [3.8, 4) is 22.5 Å². The van der Waals surface area contributed by atoms with Gasteiger partial charge in [0, 0.05) is 89.6 Å². The number of fused-ring (bicyclic) bond motifs is 9. The van der Waals surface area contributed by atoms with Crippen LogP contribution in [0.1, 0.15) is 0 Å². The van der Waals surface area contributed by atoms with Gasteiger partial charge >= 0.3 is 0 Å². The fourth-order valence-corrected chi connectivity index (χ4v) is 10.7. The first kappa shape index (κ1) is 40.4. The van der Waals surface area contributed by atoms with Crippen LogP contribution in [0.5, 0.6) is 0 Å². The number of benzene rings is 10. The highest BCUT2D eigenvalue weighted by Crippen LogP contribution is 2.44. The zero-order chi connectivity index (χ0) is 46.8. The van der Waals surface area contributed by atoms with Crippen LogP contribution < -0.4 is 9.80 Å². The van der Waals surface area contributed by atoms with E-state index in [0.717, 1.165) is 95.0 Å². The summed E-state index contributed by atoms with van der Waals surface area (Å²) in [5.41, 5.74) is 16.6. The first-order valence-electron chi connectivity index (χ1n) is 24.0. The van der Waals surface area contributed by atoms with Crippen LogP contribution in [-0.4, -0.2) is 14.1 Å². The number of pyridine rings is 1. The maximum Gasteiger partial charge on any atom is 0.227 e. The lowest BCUT2D eigenvalue weighted by Crippen LogP contribution is -2.09. The molecule has 0 unspecified atom stereocenters. The third-order valence-electron chi connectivity index (χ3n) is 13.9. The Kier molecular flexibility index (Phi) is 9.42. The van der Waals surface area contributed by atoms with E-state index in [9.17, 15) is 0 Å². The number of nitrogens with zero attached hydrogens (tertiary/aromatic N) is 5. The molecule has 0 N–H and O–H groups in total. The van der Waals surface area contributed by atoms with Gasteiger partial charge in [-0.3, -0.25) is 0 Å². The molecule has 0 amide bonds. The predicted octanol–water partition coefficient (Wildman–Crippen LogP) is 17.8. The molecule has 14 rings (SSSR count). The second-order valence-corrected chi connectivity index (χ2v) is 18.0. The van der Waals surface area contributed by atoms with Crippen LogP contribution in [0.3, 0.4) is 0 Å². The zero-order valence-corrected chi connectivity index (χ0v) is 38.5. The topological polar surface area (TPSA) is 42.4 Å². The van der Waals surface area contributed by atoms with E-state index in [4.69, 9.17) is 9.40 Å². The van der Waals surface area contributed by atoms with Gasteiger partial charge in [-0.05, 0) is 133 Å². The Balaban J connectivity index is 1.01. The summed E-state index contributed by atoms with van der Waals surface area (Å²) >= 11 is 0. The highest BCUT2D eigenvalue weighted by atomic mass is 16.3. The van der Waals surface area contributed by atoms with Gasteiger partial charge in [0.1, 0.15) is 5.58 Å². The molecule has 0 aliphatic carbocycles. The lowest BCUT2D eigenvalue weighted by atomic mass is 10.0. The van der Waals surface area contributed by atoms with Crippen molar-refractivity contribution in [1.29, 1.82) is 0 Å². The van der Waals surface area contributed by atoms with Gasteiger partial charge in [-0.25, -0.2) is 4.98 Å². The Bertz CT molecular complexity index is 3990. The normalized spacial score (nSPS) is 11.7. The Hall–Kier alpha value is -9.65. The summed E-state index contributed by atoms with van der Waals surface area (Å²) in [6.07, 6.45) is 1.95. The van der Waals surface area contributed by atoms with Crippen molar-refractivity contribution >= 4 is 99.8 Å². The molecule has 6 heteroatoms. The molecule has 6 nitrogen and oxygen atoms in total. The molecule has 0 spiro atoms. The van der Waals surface area contributed by atoms with Crippen LogP contribution >= 0.6 is 0 Å². The molecule has 14 aromatic rings. The number of rotatable bonds is 9. The van der Waals surface area contributed by atoms with Gasteiger partial charge in [0.2, 0.25) is 5.71 Å². The molecule has 10 aromatic carbocycles. The van der Waals surface area contributed by atoms with Gasteiger partial charge in [0.05, 0.1) is 22.1 Å². The molecular weight excluding hydrogens is 867 g/mol. The summed E-state index contributed by atoms with van der Waals surface area (Å²) in [5, 5.41) is 6.72. The molecule has 0 fully saturated rings. The molecule has 0 atom stereocenters. The molecule has 71 heavy (non-hydrogen) atoms. The van der Waals surface area contributed by atoms with E-state index in [-0.39, 0.29) is 0 Å². The molecular formula is C65H43N5O. The van der Waals surface area contributed by atoms with Crippen LogP contribution in [0.15, 0.2) is 265 Å². The highest BCUT2D eigenvalue weighted by molar-refractivity contribution is 6.13. The number of hydrogen-bond acceptors (Lipinski definition) is 4. The average Bonchev–Trinajstić information content (AvgIpc) is 4.09. The minimum absolute atomic E-state index is 0.628. The Morgan fingerprint density at radius 3 is 1.18 bits per heavy atom. The van der Waals surface area contributed by atoms with Crippen molar-refractivity contribution in [2.75, 3.05) is 9.80 Å².